The van der Waals surface area contributed by atoms with Gasteiger partial charge in [0.15, 0.2) is 0 Å². The summed E-state index contributed by atoms with van der Waals surface area (Å²) in [5.74, 6) is 4.95. The van der Waals surface area contributed by atoms with Gasteiger partial charge in [-0.25, -0.2) is 18.6 Å². The number of rotatable bonds is 6. The molecule has 94 valence electrons. The van der Waals surface area contributed by atoms with Crippen LogP contribution in [0.25, 0.3) is 6.08 Å². The third kappa shape index (κ3) is 5.10. The van der Waals surface area contributed by atoms with Crippen LogP contribution in [0, 0.1) is 0 Å². The standard InChI is InChI=1S/C11H17N3O2S/c1-2-3-10-4-6-11(7-5-10)8-17(15,16)14-9-13-12/h2-7,13-14H,8-9,12H2,1H3/b3-2+. The SMILES string of the molecule is C/C=C/c1ccc(CS(=O)(=O)NCNN)cc1. The normalized spacial score (nSPS) is 12.1. The number of sulfonamides is 1. The largest absolute Gasteiger partial charge is 0.270 e. The maximum atomic E-state index is 11.5. The smallest absolute Gasteiger partial charge is 0.216 e. The van der Waals surface area contributed by atoms with Crippen molar-refractivity contribution < 1.29 is 8.42 Å². The van der Waals surface area contributed by atoms with Gasteiger partial charge in [-0.3, -0.25) is 5.84 Å². The molecule has 4 N–H and O–H groups in total. The first-order valence-corrected chi connectivity index (χ1v) is 6.85. The van der Waals surface area contributed by atoms with Crippen molar-refractivity contribution in [3.8, 4) is 0 Å². The molecule has 0 spiro atoms. The second-order valence-corrected chi connectivity index (χ2v) is 5.33. The summed E-state index contributed by atoms with van der Waals surface area (Å²) >= 11 is 0. The van der Waals surface area contributed by atoms with Gasteiger partial charge >= 0.3 is 0 Å². The van der Waals surface area contributed by atoms with Crippen molar-refractivity contribution in [1.82, 2.24) is 10.1 Å². The van der Waals surface area contributed by atoms with Crippen LogP contribution < -0.4 is 16.0 Å². The van der Waals surface area contributed by atoms with Crippen molar-refractivity contribution in [1.29, 1.82) is 0 Å². The van der Waals surface area contributed by atoms with Crippen LogP contribution in [-0.4, -0.2) is 15.1 Å². The lowest BCUT2D eigenvalue weighted by molar-refractivity contribution is 0.572. The first kappa shape index (κ1) is 13.9. The first-order valence-electron chi connectivity index (χ1n) is 5.20. The molecule has 0 saturated carbocycles. The number of benzene rings is 1. The third-order valence-corrected chi connectivity index (χ3v) is 3.39. The Morgan fingerprint density at radius 2 is 1.94 bits per heavy atom. The Morgan fingerprint density at radius 1 is 1.29 bits per heavy atom. The molecule has 0 atom stereocenters. The fourth-order valence-electron chi connectivity index (χ4n) is 1.34. The molecule has 0 aliphatic heterocycles. The summed E-state index contributed by atoms with van der Waals surface area (Å²) in [4.78, 5) is 0. The second-order valence-electron chi connectivity index (χ2n) is 3.53. The molecule has 0 radical (unpaired) electrons. The fraction of sp³-hybridized carbons (Fsp3) is 0.273. The molecule has 1 aromatic rings. The summed E-state index contributed by atoms with van der Waals surface area (Å²) < 4.78 is 25.4. The maximum Gasteiger partial charge on any atom is 0.216 e. The lowest BCUT2D eigenvalue weighted by atomic mass is 10.1. The Balaban J connectivity index is 2.68. The van der Waals surface area contributed by atoms with E-state index in [1.807, 2.05) is 31.2 Å². The lowest BCUT2D eigenvalue weighted by Crippen LogP contribution is -2.37. The van der Waals surface area contributed by atoms with Crippen molar-refractivity contribution >= 4 is 16.1 Å². The van der Waals surface area contributed by atoms with Gasteiger partial charge in [-0.15, -0.1) is 0 Å². The zero-order chi connectivity index (χ0) is 12.7. The summed E-state index contributed by atoms with van der Waals surface area (Å²) in [6.45, 7) is 1.96. The van der Waals surface area contributed by atoms with Crippen LogP contribution in [0.2, 0.25) is 0 Å². The van der Waals surface area contributed by atoms with Crippen molar-refractivity contribution in [2.24, 2.45) is 5.84 Å². The van der Waals surface area contributed by atoms with Crippen molar-refractivity contribution in [2.45, 2.75) is 12.7 Å². The van der Waals surface area contributed by atoms with E-state index in [4.69, 9.17) is 5.84 Å². The summed E-state index contributed by atoms with van der Waals surface area (Å²) in [6.07, 6.45) is 3.88. The van der Waals surface area contributed by atoms with Crippen LogP contribution in [-0.2, 0) is 15.8 Å². The summed E-state index contributed by atoms with van der Waals surface area (Å²) in [7, 11) is -3.33. The van der Waals surface area contributed by atoms with Gasteiger partial charge in [-0.1, -0.05) is 36.4 Å². The number of hydrazine groups is 1. The fourth-order valence-corrected chi connectivity index (χ4v) is 2.38. The Labute approximate surface area is 102 Å². The van der Waals surface area contributed by atoms with Crippen LogP contribution in [0.15, 0.2) is 30.3 Å². The Bertz CT molecular complexity index is 466. The van der Waals surface area contributed by atoms with Gasteiger partial charge in [0.05, 0.1) is 12.4 Å². The quantitative estimate of drug-likeness (QED) is 0.394. The van der Waals surface area contributed by atoms with E-state index in [2.05, 4.69) is 10.1 Å². The van der Waals surface area contributed by atoms with Crippen LogP contribution in [0.5, 0.6) is 0 Å². The van der Waals surface area contributed by atoms with Crippen LogP contribution >= 0.6 is 0 Å². The molecule has 1 rings (SSSR count). The van der Waals surface area contributed by atoms with Gasteiger partial charge in [0.1, 0.15) is 0 Å². The number of allylic oxidation sites excluding steroid dienone is 1. The molecular formula is C11H17N3O2S. The lowest BCUT2D eigenvalue weighted by Gasteiger charge is -2.06. The highest BCUT2D eigenvalue weighted by molar-refractivity contribution is 7.88. The van der Waals surface area contributed by atoms with E-state index in [-0.39, 0.29) is 12.4 Å². The monoisotopic (exact) mass is 255 g/mol. The van der Waals surface area contributed by atoms with E-state index in [9.17, 15) is 8.42 Å². The molecule has 0 heterocycles. The third-order valence-electron chi connectivity index (χ3n) is 2.09. The highest BCUT2D eigenvalue weighted by Crippen LogP contribution is 2.08. The summed E-state index contributed by atoms with van der Waals surface area (Å²) in [5.41, 5.74) is 4.02. The van der Waals surface area contributed by atoms with E-state index in [0.717, 1.165) is 11.1 Å². The molecule has 6 heteroatoms. The van der Waals surface area contributed by atoms with Crippen LogP contribution in [0.1, 0.15) is 18.1 Å². The van der Waals surface area contributed by atoms with E-state index in [1.54, 1.807) is 12.1 Å². The molecule has 0 aromatic heterocycles. The molecule has 0 fully saturated rings. The number of nitrogens with one attached hydrogen (secondary N) is 2. The molecule has 0 saturated heterocycles. The van der Waals surface area contributed by atoms with Gasteiger partial charge in [0, 0.05) is 0 Å². The van der Waals surface area contributed by atoms with Gasteiger partial charge < -0.3 is 0 Å². The van der Waals surface area contributed by atoms with Gasteiger partial charge in [0.25, 0.3) is 0 Å². The molecule has 0 unspecified atom stereocenters. The van der Waals surface area contributed by atoms with Gasteiger partial charge in [-0.05, 0) is 18.1 Å². The molecule has 0 aliphatic carbocycles. The minimum Gasteiger partial charge on any atom is -0.270 e. The van der Waals surface area contributed by atoms with Gasteiger partial charge in [-0.2, -0.15) is 0 Å². The first-order chi connectivity index (χ1) is 8.07. The molecule has 0 aliphatic rings. The number of nitrogens with two attached hydrogens (primary N) is 1. The van der Waals surface area contributed by atoms with Crippen molar-refractivity contribution in [3.05, 3.63) is 41.5 Å². The zero-order valence-electron chi connectivity index (χ0n) is 9.68. The van der Waals surface area contributed by atoms with E-state index in [1.165, 1.54) is 0 Å². The number of hydrogen-bond donors (Lipinski definition) is 3. The predicted octanol–water partition coefficient (Wildman–Crippen LogP) is 0.560. The van der Waals surface area contributed by atoms with E-state index in [0.29, 0.717) is 0 Å². The van der Waals surface area contributed by atoms with Crippen LogP contribution in [0.4, 0.5) is 0 Å². The Morgan fingerprint density at radius 3 is 2.47 bits per heavy atom. The van der Waals surface area contributed by atoms with Crippen molar-refractivity contribution in [2.75, 3.05) is 6.67 Å². The minimum atomic E-state index is -3.33. The molecule has 0 amide bonds. The Kier molecular flexibility index (Phi) is 5.30. The average molecular weight is 255 g/mol. The zero-order valence-corrected chi connectivity index (χ0v) is 10.5. The van der Waals surface area contributed by atoms with Gasteiger partial charge in [0.2, 0.25) is 10.0 Å². The van der Waals surface area contributed by atoms with Crippen molar-refractivity contribution in [3.63, 3.8) is 0 Å². The Hall–Kier alpha value is -1.21. The predicted molar refractivity (Wildman–Crippen MR) is 69.1 cm³/mol. The summed E-state index contributed by atoms with van der Waals surface area (Å²) in [5, 5.41) is 0. The second kappa shape index (κ2) is 6.51. The summed E-state index contributed by atoms with van der Waals surface area (Å²) in [6, 6.07) is 7.35. The molecule has 1 aromatic carbocycles. The topological polar surface area (TPSA) is 84.2 Å². The van der Waals surface area contributed by atoms with E-state index >= 15 is 0 Å². The number of hydrogen-bond acceptors (Lipinski definition) is 4. The molecule has 0 bridgehead atoms. The molecular weight excluding hydrogens is 238 g/mol. The highest BCUT2D eigenvalue weighted by Gasteiger charge is 2.09. The minimum absolute atomic E-state index is 0.0268. The van der Waals surface area contributed by atoms with E-state index < -0.39 is 10.0 Å². The molecule has 5 nitrogen and oxygen atoms in total. The molecule has 17 heavy (non-hydrogen) atoms. The highest BCUT2D eigenvalue weighted by atomic mass is 32.2. The average Bonchev–Trinajstić information content (AvgIpc) is 2.29. The maximum absolute atomic E-state index is 11.5. The van der Waals surface area contributed by atoms with Crippen LogP contribution in [0.3, 0.4) is 0 Å².